The van der Waals surface area contributed by atoms with Crippen molar-refractivity contribution in [2.45, 2.75) is 19.5 Å². The van der Waals surface area contributed by atoms with Crippen molar-refractivity contribution in [1.82, 2.24) is 9.47 Å². The van der Waals surface area contributed by atoms with Crippen LogP contribution in [-0.2, 0) is 11.3 Å². The quantitative estimate of drug-likeness (QED) is 0.784. The van der Waals surface area contributed by atoms with Gasteiger partial charge in [-0.05, 0) is 35.6 Å². The van der Waals surface area contributed by atoms with Gasteiger partial charge in [-0.1, -0.05) is 42.5 Å². The highest BCUT2D eigenvalue weighted by Crippen LogP contribution is 2.23. The van der Waals surface area contributed by atoms with E-state index in [9.17, 15) is 9.90 Å². The first-order chi connectivity index (χ1) is 11.6. The molecule has 0 fully saturated rings. The number of nitrogens with zero attached hydrogens (tertiary/aromatic N) is 2. The van der Waals surface area contributed by atoms with E-state index in [1.165, 1.54) is 0 Å². The zero-order valence-corrected chi connectivity index (χ0v) is 14.0. The van der Waals surface area contributed by atoms with E-state index in [1.807, 2.05) is 72.3 Å². The molecule has 24 heavy (non-hydrogen) atoms. The van der Waals surface area contributed by atoms with Crippen LogP contribution in [0.25, 0.3) is 10.9 Å². The molecule has 4 nitrogen and oxygen atoms in total. The maximum atomic E-state index is 12.7. The molecule has 3 aromatic rings. The normalized spacial score (nSPS) is 12.3. The van der Waals surface area contributed by atoms with Crippen LogP contribution in [0.3, 0.4) is 0 Å². The van der Waals surface area contributed by atoms with E-state index < -0.39 is 0 Å². The SMILES string of the molecule is Cc1ccccc1C(CO)N(C)C(=O)Cn1ccc2ccccc21. The number of hydrogen-bond donors (Lipinski definition) is 1. The lowest BCUT2D eigenvalue weighted by atomic mass is 10.0. The molecule has 0 aliphatic carbocycles. The zero-order chi connectivity index (χ0) is 17.1. The Bertz CT molecular complexity index is 853. The molecule has 2 aromatic carbocycles. The summed E-state index contributed by atoms with van der Waals surface area (Å²) in [4.78, 5) is 14.4. The van der Waals surface area contributed by atoms with Crippen molar-refractivity contribution in [2.24, 2.45) is 0 Å². The van der Waals surface area contributed by atoms with Crippen LogP contribution in [0.1, 0.15) is 17.2 Å². The third-order valence-corrected chi connectivity index (χ3v) is 4.57. The smallest absolute Gasteiger partial charge is 0.242 e. The predicted octanol–water partition coefficient (Wildman–Crippen LogP) is 3.14. The van der Waals surface area contributed by atoms with Crippen LogP contribution in [0, 0.1) is 6.92 Å². The Kier molecular flexibility index (Phi) is 4.67. The van der Waals surface area contributed by atoms with Crippen molar-refractivity contribution in [2.75, 3.05) is 13.7 Å². The molecular formula is C20H22N2O2. The van der Waals surface area contributed by atoms with E-state index in [-0.39, 0.29) is 25.1 Å². The number of amides is 1. The predicted molar refractivity (Wildman–Crippen MR) is 95.7 cm³/mol. The summed E-state index contributed by atoms with van der Waals surface area (Å²) in [6, 6.07) is 17.5. The van der Waals surface area contributed by atoms with E-state index in [2.05, 4.69) is 0 Å². The summed E-state index contributed by atoms with van der Waals surface area (Å²) < 4.78 is 1.94. The monoisotopic (exact) mass is 322 g/mol. The second-order valence-electron chi connectivity index (χ2n) is 6.06. The van der Waals surface area contributed by atoms with Crippen molar-refractivity contribution < 1.29 is 9.90 Å². The zero-order valence-electron chi connectivity index (χ0n) is 14.0. The fraction of sp³-hybridized carbons (Fsp3) is 0.250. The number of carbonyl (C=O) groups is 1. The number of aromatic nitrogens is 1. The molecule has 0 aliphatic rings. The minimum atomic E-state index is -0.333. The van der Waals surface area contributed by atoms with Gasteiger partial charge in [0, 0.05) is 18.8 Å². The summed E-state index contributed by atoms with van der Waals surface area (Å²) in [5.41, 5.74) is 3.09. The van der Waals surface area contributed by atoms with Gasteiger partial charge in [0.1, 0.15) is 6.54 Å². The molecule has 0 saturated carbocycles. The fourth-order valence-electron chi connectivity index (χ4n) is 3.10. The third-order valence-electron chi connectivity index (χ3n) is 4.57. The number of para-hydroxylation sites is 1. The van der Waals surface area contributed by atoms with Gasteiger partial charge in [-0.25, -0.2) is 0 Å². The Morgan fingerprint density at radius 3 is 2.58 bits per heavy atom. The number of likely N-dealkylation sites (N-methyl/N-ethyl adjacent to an activating group) is 1. The second kappa shape index (κ2) is 6.89. The lowest BCUT2D eigenvalue weighted by molar-refractivity contribution is -0.133. The minimum Gasteiger partial charge on any atom is -0.394 e. The highest BCUT2D eigenvalue weighted by Gasteiger charge is 2.22. The number of rotatable bonds is 5. The van der Waals surface area contributed by atoms with E-state index in [4.69, 9.17) is 0 Å². The van der Waals surface area contributed by atoms with Crippen LogP contribution in [0.5, 0.6) is 0 Å². The van der Waals surface area contributed by atoms with E-state index in [0.29, 0.717) is 0 Å². The van der Waals surface area contributed by atoms with Gasteiger partial charge in [-0.3, -0.25) is 4.79 Å². The summed E-state index contributed by atoms with van der Waals surface area (Å²) in [7, 11) is 1.75. The van der Waals surface area contributed by atoms with Gasteiger partial charge in [-0.15, -0.1) is 0 Å². The molecule has 1 heterocycles. The summed E-state index contributed by atoms with van der Waals surface area (Å²) in [6.45, 7) is 2.15. The van der Waals surface area contributed by atoms with Crippen LogP contribution in [-0.4, -0.2) is 34.1 Å². The van der Waals surface area contributed by atoms with Crippen molar-refractivity contribution in [3.8, 4) is 0 Å². The number of fused-ring (bicyclic) bond motifs is 1. The van der Waals surface area contributed by atoms with Gasteiger partial charge in [-0.2, -0.15) is 0 Å². The number of carbonyl (C=O) groups excluding carboxylic acids is 1. The van der Waals surface area contributed by atoms with Crippen LogP contribution in [0.15, 0.2) is 60.8 Å². The highest BCUT2D eigenvalue weighted by atomic mass is 16.3. The molecule has 1 aromatic heterocycles. The third kappa shape index (κ3) is 3.05. The summed E-state index contributed by atoms with van der Waals surface area (Å²) >= 11 is 0. The van der Waals surface area contributed by atoms with Crippen molar-refractivity contribution in [3.63, 3.8) is 0 Å². The van der Waals surface area contributed by atoms with Gasteiger partial charge >= 0.3 is 0 Å². The average Bonchev–Trinajstić information content (AvgIpc) is 3.00. The Hall–Kier alpha value is -2.59. The maximum Gasteiger partial charge on any atom is 0.242 e. The lowest BCUT2D eigenvalue weighted by Gasteiger charge is -2.28. The van der Waals surface area contributed by atoms with Gasteiger partial charge < -0.3 is 14.6 Å². The molecule has 1 amide bonds. The second-order valence-corrected chi connectivity index (χ2v) is 6.06. The fourth-order valence-corrected chi connectivity index (χ4v) is 3.10. The van der Waals surface area contributed by atoms with Gasteiger partial charge in [0.25, 0.3) is 0 Å². The van der Waals surface area contributed by atoms with Gasteiger partial charge in [0.15, 0.2) is 0 Å². The topological polar surface area (TPSA) is 45.5 Å². The lowest BCUT2D eigenvalue weighted by Crippen LogP contribution is -2.35. The highest BCUT2D eigenvalue weighted by molar-refractivity contribution is 5.83. The molecule has 4 heteroatoms. The summed E-state index contributed by atoms with van der Waals surface area (Å²) in [5.74, 6) is -0.0290. The van der Waals surface area contributed by atoms with Crippen LogP contribution in [0.4, 0.5) is 0 Å². The first-order valence-electron chi connectivity index (χ1n) is 8.07. The van der Waals surface area contributed by atoms with Crippen LogP contribution in [0.2, 0.25) is 0 Å². The Morgan fingerprint density at radius 1 is 1.12 bits per heavy atom. The average molecular weight is 322 g/mol. The van der Waals surface area contributed by atoms with E-state index >= 15 is 0 Å². The molecule has 1 atom stereocenters. The number of aryl methyl sites for hydroxylation is 1. The van der Waals surface area contributed by atoms with Gasteiger partial charge in [0.2, 0.25) is 5.91 Å². The molecule has 1 N–H and O–H groups in total. The molecular weight excluding hydrogens is 300 g/mol. The number of hydrogen-bond acceptors (Lipinski definition) is 2. The molecule has 0 aliphatic heterocycles. The number of benzene rings is 2. The first-order valence-corrected chi connectivity index (χ1v) is 8.07. The standard InChI is InChI=1S/C20H22N2O2/c1-15-7-3-5-9-17(15)19(14-23)21(2)20(24)13-22-12-11-16-8-4-6-10-18(16)22/h3-12,19,23H,13-14H2,1-2H3. The van der Waals surface area contributed by atoms with Crippen molar-refractivity contribution in [3.05, 3.63) is 71.9 Å². The molecule has 0 radical (unpaired) electrons. The minimum absolute atomic E-state index is 0.0290. The Morgan fingerprint density at radius 2 is 1.83 bits per heavy atom. The van der Waals surface area contributed by atoms with Crippen LogP contribution >= 0.6 is 0 Å². The molecule has 0 saturated heterocycles. The maximum absolute atomic E-state index is 12.7. The Labute approximate surface area is 141 Å². The molecule has 3 rings (SSSR count). The molecule has 0 spiro atoms. The van der Waals surface area contributed by atoms with E-state index in [0.717, 1.165) is 22.0 Å². The number of aliphatic hydroxyl groups excluding tert-OH is 1. The molecule has 1 unspecified atom stereocenters. The van der Waals surface area contributed by atoms with Crippen molar-refractivity contribution >= 4 is 16.8 Å². The van der Waals surface area contributed by atoms with Crippen LogP contribution < -0.4 is 0 Å². The molecule has 124 valence electrons. The first kappa shape index (κ1) is 16.3. The van der Waals surface area contributed by atoms with E-state index in [1.54, 1.807) is 11.9 Å². The summed E-state index contributed by atoms with van der Waals surface area (Å²) in [5, 5.41) is 10.9. The van der Waals surface area contributed by atoms with Gasteiger partial charge in [0.05, 0.1) is 12.6 Å². The Balaban J connectivity index is 1.82. The number of aliphatic hydroxyl groups is 1. The largest absolute Gasteiger partial charge is 0.394 e. The summed E-state index contributed by atoms with van der Waals surface area (Å²) in [6.07, 6.45) is 1.93. The van der Waals surface area contributed by atoms with Crippen molar-refractivity contribution in [1.29, 1.82) is 0 Å². The molecule has 0 bridgehead atoms.